The number of rotatable bonds is 4. The zero-order valence-corrected chi connectivity index (χ0v) is 9.39. The average molecular weight is 215 g/mol. The van der Waals surface area contributed by atoms with Gasteiger partial charge in [0.2, 0.25) is 0 Å². The number of benzene rings is 1. The lowest BCUT2D eigenvalue weighted by Gasteiger charge is -2.19. The summed E-state index contributed by atoms with van der Waals surface area (Å²) in [4.78, 5) is 0. The molecule has 0 radical (unpaired) electrons. The predicted octanol–water partition coefficient (Wildman–Crippen LogP) is 4.34. The molecule has 78 valence electrons. The van der Waals surface area contributed by atoms with Crippen LogP contribution < -0.4 is 0 Å². The van der Waals surface area contributed by atoms with Gasteiger partial charge < -0.3 is 0 Å². The Balaban J connectivity index is 2.89. The third-order valence-electron chi connectivity index (χ3n) is 2.54. The van der Waals surface area contributed by atoms with Crippen molar-refractivity contribution < 1.29 is 4.39 Å². The Labute approximate surface area is 90.1 Å². The van der Waals surface area contributed by atoms with Crippen molar-refractivity contribution >= 4 is 11.6 Å². The Morgan fingerprint density at radius 2 is 2.00 bits per heavy atom. The lowest BCUT2D eigenvalue weighted by atomic mass is 9.92. The van der Waals surface area contributed by atoms with Crippen molar-refractivity contribution in [3.8, 4) is 0 Å². The molecule has 1 aromatic rings. The van der Waals surface area contributed by atoms with Gasteiger partial charge in [-0.3, -0.25) is 0 Å². The first kappa shape index (κ1) is 11.5. The molecule has 0 fully saturated rings. The molecular formula is C12H16ClF. The highest BCUT2D eigenvalue weighted by molar-refractivity contribution is 6.21. The molecule has 0 bridgehead atoms. The van der Waals surface area contributed by atoms with E-state index < -0.39 is 0 Å². The molecule has 2 atom stereocenters. The van der Waals surface area contributed by atoms with E-state index in [1.54, 1.807) is 12.1 Å². The number of alkyl halides is 1. The van der Waals surface area contributed by atoms with E-state index in [0.717, 1.165) is 18.4 Å². The summed E-state index contributed by atoms with van der Waals surface area (Å²) in [6, 6.07) is 6.74. The van der Waals surface area contributed by atoms with Crippen LogP contribution in [0.25, 0.3) is 0 Å². The van der Waals surface area contributed by atoms with E-state index in [-0.39, 0.29) is 17.1 Å². The van der Waals surface area contributed by atoms with Crippen molar-refractivity contribution in [2.75, 3.05) is 0 Å². The Morgan fingerprint density at radius 3 is 2.50 bits per heavy atom. The summed E-state index contributed by atoms with van der Waals surface area (Å²) >= 11 is 6.20. The molecule has 0 saturated heterocycles. The molecule has 0 N–H and O–H groups in total. The van der Waals surface area contributed by atoms with Crippen LogP contribution in [0.5, 0.6) is 0 Å². The average Bonchev–Trinajstić information content (AvgIpc) is 2.19. The van der Waals surface area contributed by atoms with Gasteiger partial charge >= 0.3 is 0 Å². The van der Waals surface area contributed by atoms with Crippen molar-refractivity contribution in [2.24, 2.45) is 0 Å². The van der Waals surface area contributed by atoms with Gasteiger partial charge in [0.15, 0.2) is 0 Å². The normalized spacial score (nSPS) is 15.1. The summed E-state index contributed by atoms with van der Waals surface area (Å²) < 4.78 is 13.0. The zero-order chi connectivity index (χ0) is 10.6. The molecule has 2 heteroatoms. The molecule has 0 saturated carbocycles. The van der Waals surface area contributed by atoms with Gasteiger partial charge in [0.05, 0.1) is 0 Å². The highest BCUT2D eigenvalue weighted by Gasteiger charge is 2.17. The first-order chi connectivity index (χ1) is 6.69. The molecule has 0 aliphatic heterocycles. The number of halogens is 2. The summed E-state index contributed by atoms with van der Waals surface area (Å²) in [5.41, 5.74) is 1.01. The molecule has 14 heavy (non-hydrogen) atoms. The van der Waals surface area contributed by atoms with E-state index >= 15 is 0 Å². The number of hydrogen-bond acceptors (Lipinski definition) is 0. The lowest BCUT2D eigenvalue weighted by Crippen LogP contribution is -2.11. The standard InChI is InChI=1S/C12H16ClF/c1-3-11(12(13)4-2)9-6-5-7-10(14)8-9/h5-8,11-12H,3-4H2,1-2H3. The fraction of sp³-hybridized carbons (Fsp3) is 0.500. The SMILES string of the molecule is CCC(Cl)C(CC)c1cccc(F)c1. The molecule has 0 nitrogen and oxygen atoms in total. The maximum Gasteiger partial charge on any atom is 0.123 e. The van der Waals surface area contributed by atoms with Crippen LogP contribution in [0.4, 0.5) is 4.39 Å². The molecular weight excluding hydrogens is 199 g/mol. The molecule has 0 spiro atoms. The van der Waals surface area contributed by atoms with Gasteiger partial charge in [0, 0.05) is 11.3 Å². The third kappa shape index (κ3) is 2.71. The van der Waals surface area contributed by atoms with Crippen LogP contribution >= 0.6 is 11.6 Å². The second-order valence-corrected chi connectivity index (χ2v) is 4.05. The topological polar surface area (TPSA) is 0 Å². The van der Waals surface area contributed by atoms with E-state index in [0.29, 0.717) is 0 Å². The largest absolute Gasteiger partial charge is 0.207 e. The Kier molecular flexibility index (Phi) is 4.40. The van der Waals surface area contributed by atoms with Crippen LogP contribution in [-0.4, -0.2) is 5.38 Å². The third-order valence-corrected chi connectivity index (χ3v) is 3.16. The van der Waals surface area contributed by atoms with E-state index in [1.807, 2.05) is 6.07 Å². The first-order valence-corrected chi connectivity index (χ1v) is 5.52. The fourth-order valence-electron chi connectivity index (χ4n) is 1.72. The molecule has 0 heterocycles. The summed E-state index contributed by atoms with van der Waals surface area (Å²) in [7, 11) is 0. The van der Waals surface area contributed by atoms with Crippen LogP contribution in [0.3, 0.4) is 0 Å². The van der Waals surface area contributed by atoms with Crippen LogP contribution in [0.15, 0.2) is 24.3 Å². The molecule has 0 aliphatic rings. The molecule has 1 rings (SSSR count). The van der Waals surface area contributed by atoms with Gasteiger partial charge in [0.25, 0.3) is 0 Å². The Hall–Kier alpha value is -0.560. The van der Waals surface area contributed by atoms with E-state index in [9.17, 15) is 4.39 Å². The van der Waals surface area contributed by atoms with Crippen LogP contribution in [0, 0.1) is 5.82 Å². The maximum absolute atomic E-state index is 13.0. The summed E-state index contributed by atoms with van der Waals surface area (Å²) in [6.45, 7) is 4.14. The summed E-state index contributed by atoms with van der Waals surface area (Å²) in [5.74, 6) is 0.0817. The fourth-order valence-corrected chi connectivity index (χ4v) is 2.05. The zero-order valence-electron chi connectivity index (χ0n) is 8.63. The summed E-state index contributed by atoms with van der Waals surface area (Å²) in [5, 5.41) is 0.0989. The minimum absolute atomic E-state index is 0.0989. The second kappa shape index (κ2) is 5.35. The van der Waals surface area contributed by atoms with E-state index in [1.165, 1.54) is 6.07 Å². The van der Waals surface area contributed by atoms with Crippen molar-refractivity contribution in [1.29, 1.82) is 0 Å². The van der Waals surface area contributed by atoms with Gasteiger partial charge in [-0.05, 0) is 30.5 Å². The monoisotopic (exact) mass is 214 g/mol. The van der Waals surface area contributed by atoms with E-state index in [2.05, 4.69) is 13.8 Å². The Bertz CT molecular complexity index is 285. The number of hydrogen-bond donors (Lipinski definition) is 0. The van der Waals surface area contributed by atoms with E-state index in [4.69, 9.17) is 11.6 Å². The van der Waals surface area contributed by atoms with Crippen molar-refractivity contribution in [2.45, 2.75) is 38.0 Å². The van der Waals surface area contributed by atoms with Gasteiger partial charge in [-0.25, -0.2) is 4.39 Å². The predicted molar refractivity (Wildman–Crippen MR) is 59.4 cm³/mol. The van der Waals surface area contributed by atoms with Gasteiger partial charge in [-0.1, -0.05) is 26.0 Å². The molecule has 0 aromatic heterocycles. The smallest absolute Gasteiger partial charge is 0.123 e. The molecule has 0 aliphatic carbocycles. The minimum atomic E-state index is -0.180. The van der Waals surface area contributed by atoms with Crippen LogP contribution in [0.2, 0.25) is 0 Å². The van der Waals surface area contributed by atoms with Gasteiger partial charge in [-0.2, -0.15) is 0 Å². The Morgan fingerprint density at radius 1 is 1.29 bits per heavy atom. The van der Waals surface area contributed by atoms with Crippen molar-refractivity contribution in [3.63, 3.8) is 0 Å². The second-order valence-electron chi connectivity index (χ2n) is 3.49. The van der Waals surface area contributed by atoms with Gasteiger partial charge in [-0.15, -0.1) is 11.6 Å². The molecule has 1 aromatic carbocycles. The molecule has 2 unspecified atom stereocenters. The van der Waals surface area contributed by atoms with Crippen molar-refractivity contribution in [3.05, 3.63) is 35.6 Å². The highest BCUT2D eigenvalue weighted by Crippen LogP contribution is 2.29. The highest BCUT2D eigenvalue weighted by atomic mass is 35.5. The van der Waals surface area contributed by atoms with Gasteiger partial charge in [0.1, 0.15) is 5.82 Å². The van der Waals surface area contributed by atoms with Crippen LogP contribution in [0.1, 0.15) is 38.2 Å². The lowest BCUT2D eigenvalue weighted by molar-refractivity contribution is 0.587. The van der Waals surface area contributed by atoms with Crippen molar-refractivity contribution in [1.82, 2.24) is 0 Å². The maximum atomic E-state index is 13.0. The molecule has 0 amide bonds. The first-order valence-electron chi connectivity index (χ1n) is 5.08. The minimum Gasteiger partial charge on any atom is -0.207 e. The summed E-state index contributed by atoms with van der Waals surface area (Å²) in [6.07, 6.45) is 1.86. The van der Waals surface area contributed by atoms with Crippen LogP contribution in [-0.2, 0) is 0 Å². The quantitative estimate of drug-likeness (QED) is 0.655.